The lowest BCUT2D eigenvalue weighted by Gasteiger charge is -2.00. The number of furan rings is 1. The van der Waals surface area contributed by atoms with Gasteiger partial charge in [0.15, 0.2) is 0 Å². The van der Waals surface area contributed by atoms with Crippen LogP contribution in [0, 0.1) is 0 Å². The third-order valence-corrected chi connectivity index (χ3v) is 1.97. The molecule has 6 heteroatoms. The van der Waals surface area contributed by atoms with Gasteiger partial charge >= 0.3 is 6.01 Å². The highest BCUT2D eigenvalue weighted by atomic mass is 16.5. The van der Waals surface area contributed by atoms with E-state index in [1.807, 2.05) is 6.07 Å². The number of rotatable bonds is 4. The fraction of sp³-hybridized carbons (Fsp3) is 0.333. The second kappa shape index (κ2) is 4.14. The number of nitrogens with two attached hydrogens (primary N) is 1. The van der Waals surface area contributed by atoms with Crippen LogP contribution in [0.2, 0.25) is 0 Å². The Kier molecular flexibility index (Phi) is 2.68. The maximum absolute atomic E-state index is 5.52. The summed E-state index contributed by atoms with van der Waals surface area (Å²) < 4.78 is 12.1. The largest absolute Gasteiger partial charge is 0.465 e. The van der Waals surface area contributed by atoms with Crippen molar-refractivity contribution in [2.75, 3.05) is 0 Å². The van der Waals surface area contributed by atoms with Crippen molar-refractivity contribution in [3.05, 3.63) is 30.0 Å². The van der Waals surface area contributed by atoms with Crippen molar-refractivity contribution in [1.82, 2.24) is 14.8 Å². The van der Waals surface area contributed by atoms with Gasteiger partial charge in [0, 0.05) is 19.2 Å². The Bertz CT molecular complexity index is 435. The molecule has 6 nitrogen and oxygen atoms in total. The predicted molar refractivity (Wildman–Crippen MR) is 51.9 cm³/mol. The zero-order valence-electron chi connectivity index (χ0n) is 8.38. The molecule has 2 aromatic heterocycles. The fourth-order valence-electron chi connectivity index (χ4n) is 1.19. The molecule has 2 N–H and O–H groups in total. The molecule has 0 bridgehead atoms. The molecule has 0 aliphatic rings. The molecule has 0 amide bonds. The number of ether oxygens (including phenoxy) is 1. The van der Waals surface area contributed by atoms with E-state index < -0.39 is 0 Å². The standard InChI is InChI=1S/C9H12N4O2/c1-13-6-11-9(12-13)15-5-8-7(4-10)2-3-14-8/h2-3,6H,4-5,10H2,1H3. The van der Waals surface area contributed by atoms with Gasteiger partial charge in [0.1, 0.15) is 18.7 Å². The summed E-state index contributed by atoms with van der Waals surface area (Å²) >= 11 is 0. The molecule has 0 atom stereocenters. The van der Waals surface area contributed by atoms with E-state index in [4.69, 9.17) is 14.9 Å². The molecular formula is C9H12N4O2. The first-order valence-corrected chi connectivity index (χ1v) is 4.53. The minimum absolute atomic E-state index is 0.295. The zero-order chi connectivity index (χ0) is 10.7. The van der Waals surface area contributed by atoms with E-state index in [0.29, 0.717) is 24.9 Å². The highest BCUT2D eigenvalue weighted by Crippen LogP contribution is 2.12. The Labute approximate surface area is 86.7 Å². The van der Waals surface area contributed by atoms with Crippen LogP contribution in [0.1, 0.15) is 11.3 Å². The number of hydrogen-bond donors (Lipinski definition) is 1. The molecule has 15 heavy (non-hydrogen) atoms. The van der Waals surface area contributed by atoms with Crippen molar-refractivity contribution in [2.45, 2.75) is 13.2 Å². The van der Waals surface area contributed by atoms with Crippen LogP contribution < -0.4 is 10.5 Å². The number of aromatic nitrogens is 3. The second-order valence-corrected chi connectivity index (χ2v) is 3.06. The van der Waals surface area contributed by atoms with Gasteiger partial charge in [0.25, 0.3) is 0 Å². The van der Waals surface area contributed by atoms with Crippen LogP contribution in [0.25, 0.3) is 0 Å². The first-order valence-electron chi connectivity index (χ1n) is 4.53. The number of nitrogens with zero attached hydrogens (tertiary/aromatic N) is 3. The van der Waals surface area contributed by atoms with Crippen LogP contribution in [0.3, 0.4) is 0 Å². The second-order valence-electron chi connectivity index (χ2n) is 3.06. The van der Waals surface area contributed by atoms with Crippen LogP contribution in [0.5, 0.6) is 6.01 Å². The topological polar surface area (TPSA) is 79.1 Å². The Balaban J connectivity index is 1.98. The van der Waals surface area contributed by atoms with Gasteiger partial charge in [0.05, 0.1) is 6.26 Å². The molecule has 2 aromatic rings. The SMILES string of the molecule is Cn1cnc(OCc2occc2CN)n1. The van der Waals surface area contributed by atoms with E-state index >= 15 is 0 Å². The van der Waals surface area contributed by atoms with Gasteiger partial charge in [-0.2, -0.15) is 4.98 Å². The molecule has 80 valence electrons. The van der Waals surface area contributed by atoms with Crippen LogP contribution in [-0.2, 0) is 20.2 Å². The molecule has 0 spiro atoms. The average Bonchev–Trinajstić information content (AvgIpc) is 2.83. The summed E-state index contributed by atoms with van der Waals surface area (Å²) in [4.78, 5) is 3.93. The lowest BCUT2D eigenvalue weighted by molar-refractivity contribution is 0.248. The van der Waals surface area contributed by atoms with E-state index in [9.17, 15) is 0 Å². The molecular weight excluding hydrogens is 196 g/mol. The van der Waals surface area contributed by atoms with Crippen LogP contribution >= 0.6 is 0 Å². The van der Waals surface area contributed by atoms with Crippen molar-refractivity contribution in [3.8, 4) is 6.01 Å². The lowest BCUT2D eigenvalue weighted by atomic mass is 10.2. The van der Waals surface area contributed by atoms with Gasteiger partial charge in [-0.25, -0.2) is 0 Å². The van der Waals surface area contributed by atoms with Gasteiger partial charge in [-0.15, -0.1) is 5.10 Å². The Hall–Kier alpha value is -1.82. The summed E-state index contributed by atoms with van der Waals surface area (Å²) in [6, 6.07) is 2.15. The van der Waals surface area contributed by atoms with Crippen LogP contribution in [0.15, 0.2) is 23.1 Å². The highest BCUT2D eigenvalue weighted by molar-refractivity contribution is 5.16. The quantitative estimate of drug-likeness (QED) is 0.788. The third kappa shape index (κ3) is 2.16. The number of hydrogen-bond acceptors (Lipinski definition) is 5. The van der Waals surface area contributed by atoms with Gasteiger partial charge in [0.2, 0.25) is 0 Å². The summed E-state index contributed by atoms with van der Waals surface area (Å²) in [5.41, 5.74) is 6.45. The highest BCUT2D eigenvalue weighted by Gasteiger charge is 2.07. The van der Waals surface area contributed by atoms with Gasteiger partial charge in [-0.05, 0) is 6.07 Å². The van der Waals surface area contributed by atoms with Crippen LogP contribution in [0.4, 0.5) is 0 Å². The lowest BCUT2D eigenvalue weighted by Crippen LogP contribution is -2.02. The molecule has 0 unspecified atom stereocenters. The first kappa shape index (κ1) is 9.72. The molecule has 0 aliphatic carbocycles. The molecule has 0 fully saturated rings. The van der Waals surface area contributed by atoms with E-state index in [1.165, 1.54) is 0 Å². The van der Waals surface area contributed by atoms with Crippen molar-refractivity contribution >= 4 is 0 Å². The molecule has 2 rings (SSSR count). The maximum Gasteiger partial charge on any atom is 0.335 e. The Morgan fingerprint density at radius 3 is 3.13 bits per heavy atom. The van der Waals surface area contributed by atoms with Gasteiger partial charge in [-0.1, -0.05) is 0 Å². The van der Waals surface area contributed by atoms with E-state index in [0.717, 1.165) is 5.56 Å². The predicted octanol–water partition coefficient (Wildman–Crippen LogP) is 0.446. The minimum Gasteiger partial charge on any atom is -0.465 e. The van der Waals surface area contributed by atoms with Crippen LogP contribution in [-0.4, -0.2) is 14.8 Å². The van der Waals surface area contributed by atoms with Crippen molar-refractivity contribution in [3.63, 3.8) is 0 Å². The smallest absolute Gasteiger partial charge is 0.335 e. The van der Waals surface area contributed by atoms with Gasteiger partial charge in [-0.3, -0.25) is 4.68 Å². The molecule has 0 saturated carbocycles. The average molecular weight is 208 g/mol. The summed E-state index contributed by atoms with van der Waals surface area (Å²) in [5, 5.41) is 3.98. The summed E-state index contributed by atoms with van der Waals surface area (Å²) in [6.45, 7) is 0.731. The summed E-state index contributed by atoms with van der Waals surface area (Å²) in [5.74, 6) is 0.713. The molecule has 0 aromatic carbocycles. The molecule has 0 aliphatic heterocycles. The van der Waals surface area contributed by atoms with E-state index in [1.54, 1.807) is 24.3 Å². The number of aryl methyl sites for hydroxylation is 1. The zero-order valence-corrected chi connectivity index (χ0v) is 8.38. The normalized spacial score (nSPS) is 10.5. The van der Waals surface area contributed by atoms with E-state index in [-0.39, 0.29) is 0 Å². The molecule has 2 heterocycles. The third-order valence-electron chi connectivity index (χ3n) is 1.97. The van der Waals surface area contributed by atoms with Crippen molar-refractivity contribution in [2.24, 2.45) is 12.8 Å². The minimum atomic E-state index is 0.295. The fourth-order valence-corrected chi connectivity index (χ4v) is 1.19. The van der Waals surface area contributed by atoms with Crippen molar-refractivity contribution in [1.29, 1.82) is 0 Å². The monoisotopic (exact) mass is 208 g/mol. The molecule has 0 radical (unpaired) electrons. The van der Waals surface area contributed by atoms with Gasteiger partial charge < -0.3 is 14.9 Å². The first-order chi connectivity index (χ1) is 7.29. The Morgan fingerprint density at radius 2 is 2.47 bits per heavy atom. The maximum atomic E-state index is 5.52. The summed E-state index contributed by atoms with van der Waals surface area (Å²) in [6.07, 6.45) is 3.16. The van der Waals surface area contributed by atoms with Crippen molar-refractivity contribution < 1.29 is 9.15 Å². The Morgan fingerprint density at radius 1 is 1.60 bits per heavy atom. The van der Waals surface area contributed by atoms with E-state index in [2.05, 4.69) is 10.1 Å². The molecule has 0 saturated heterocycles. The summed E-state index contributed by atoms with van der Waals surface area (Å²) in [7, 11) is 1.78.